The number of aryl methyl sites for hydroxylation is 1. The average molecular weight is 553 g/mol. The van der Waals surface area contributed by atoms with Crippen molar-refractivity contribution in [2.75, 3.05) is 22.1 Å². The highest BCUT2D eigenvalue weighted by Crippen LogP contribution is 2.31. The number of imide groups is 1. The van der Waals surface area contributed by atoms with Crippen LogP contribution in [0.5, 0.6) is 0 Å². The van der Waals surface area contributed by atoms with Crippen LogP contribution < -0.4 is 15.5 Å². The van der Waals surface area contributed by atoms with Crippen LogP contribution in [0.4, 0.5) is 16.5 Å². The summed E-state index contributed by atoms with van der Waals surface area (Å²) in [5.41, 5.74) is 2.49. The summed E-state index contributed by atoms with van der Waals surface area (Å²) >= 11 is 7.27. The molecule has 1 aliphatic rings. The van der Waals surface area contributed by atoms with Crippen molar-refractivity contribution in [2.24, 2.45) is 0 Å². The molecule has 0 unspecified atom stereocenters. The molecule has 0 atom stereocenters. The second-order valence-corrected chi connectivity index (χ2v) is 10.1. The van der Waals surface area contributed by atoms with Crippen LogP contribution in [0, 0.1) is 6.92 Å². The first kappa shape index (κ1) is 27.0. The molecule has 1 aromatic heterocycles. The first-order valence-corrected chi connectivity index (χ1v) is 13.0. The van der Waals surface area contributed by atoms with Gasteiger partial charge in [0.15, 0.2) is 5.13 Å². The maximum atomic E-state index is 13.1. The van der Waals surface area contributed by atoms with Crippen molar-refractivity contribution in [3.05, 3.63) is 81.0 Å². The fourth-order valence-electron chi connectivity index (χ4n) is 3.74. The number of hydrogen-bond donors (Lipinski definition) is 2. The minimum atomic E-state index is -0.637. The number of ether oxygens (including phenoxy) is 1. The van der Waals surface area contributed by atoms with Crippen LogP contribution in [0.15, 0.2) is 59.3 Å². The molecule has 4 rings (SSSR count). The maximum Gasteiger partial charge on any atom is 0.350 e. The molecule has 0 saturated heterocycles. The van der Waals surface area contributed by atoms with Gasteiger partial charge in [-0.3, -0.25) is 19.7 Å². The van der Waals surface area contributed by atoms with Crippen molar-refractivity contribution < 1.29 is 23.9 Å². The molecule has 1 aliphatic heterocycles. The predicted molar refractivity (Wildman–Crippen MR) is 147 cm³/mol. The lowest BCUT2D eigenvalue weighted by atomic mass is 10.0. The number of thiazole rings is 1. The largest absolute Gasteiger partial charge is 0.462 e. The highest BCUT2D eigenvalue weighted by molar-refractivity contribution is 7.17. The SMILES string of the molecule is CCOC(=O)c1sc(NC(=O)c2cccc(NC3=C(Cl)C(=O)N(c4ccc(C(C)C)cc4)C3=O)c2)nc1C. The van der Waals surface area contributed by atoms with E-state index in [1.54, 1.807) is 44.2 Å². The van der Waals surface area contributed by atoms with Gasteiger partial charge in [0.25, 0.3) is 17.7 Å². The third-order valence-corrected chi connectivity index (χ3v) is 7.12. The zero-order chi connectivity index (χ0) is 27.6. The van der Waals surface area contributed by atoms with Crippen LogP contribution in [0.2, 0.25) is 0 Å². The molecule has 3 aromatic rings. The smallest absolute Gasteiger partial charge is 0.350 e. The van der Waals surface area contributed by atoms with Crippen molar-refractivity contribution >= 4 is 63.1 Å². The Bertz CT molecular complexity index is 1460. The molecule has 38 heavy (non-hydrogen) atoms. The Morgan fingerprint density at radius 2 is 1.82 bits per heavy atom. The van der Waals surface area contributed by atoms with Gasteiger partial charge in [0, 0.05) is 11.3 Å². The van der Waals surface area contributed by atoms with E-state index < -0.39 is 23.7 Å². The number of anilines is 3. The molecule has 196 valence electrons. The van der Waals surface area contributed by atoms with Crippen LogP contribution >= 0.6 is 22.9 Å². The lowest BCUT2D eigenvalue weighted by Gasteiger charge is -2.16. The summed E-state index contributed by atoms with van der Waals surface area (Å²) in [7, 11) is 0. The first-order valence-electron chi connectivity index (χ1n) is 11.8. The zero-order valence-electron chi connectivity index (χ0n) is 21.1. The molecule has 0 bridgehead atoms. The number of carbonyl (C=O) groups excluding carboxylic acids is 4. The Balaban J connectivity index is 1.49. The molecule has 0 saturated carbocycles. The molecule has 0 fully saturated rings. The Kier molecular flexibility index (Phi) is 7.94. The minimum Gasteiger partial charge on any atom is -0.462 e. The lowest BCUT2D eigenvalue weighted by molar-refractivity contribution is -0.120. The summed E-state index contributed by atoms with van der Waals surface area (Å²) in [5.74, 6) is -1.91. The highest BCUT2D eigenvalue weighted by atomic mass is 35.5. The van der Waals surface area contributed by atoms with Gasteiger partial charge in [0.2, 0.25) is 0 Å². The second-order valence-electron chi connectivity index (χ2n) is 8.69. The summed E-state index contributed by atoms with van der Waals surface area (Å²) in [5, 5.41) is 5.55. The van der Waals surface area contributed by atoms with Crippen molar-refractivity contribution in [2.45, 2.75) is 33.6 Å². The van der Waals surface area contributed by atoms with Gasteiger partial charge in [0.05, 0.1) is 18.0 Å². The van der Waals surface area contributed by atoms with Gasteiger partial charge >= 0.3 is 5.97 Å². The molecular formula is C27H25ClN4O5S. The number of aromatic nitrogens is 1. The van der Waals surface area contributed by atoms with Gasteiger partial charge in [-0.1, -0.05) is 55.0 Å². The number of carbonyl (C=O) groups is 4. The lowest BCUT2D eigenvalue weighted by Crippen LogP contribution is -2.32. The van der Waals surface area contributed by atoms with E-state index in [9.17, 15) is 19.2 Å². The highest BCUT2D eigenvalue weighted by Gasteiger charge is 2.39. The molecule has 0 spiro atoms. The fraction of sp³-hybridized carbons (Fsp3) is 0.222. The van der Waals surface area contributed by atoms with E-state index in [2.05, 4.69) is 29.5 Å². The first-order chi connectivity index (χ1) is 18.1. The predicted octanol–water partition coefficient (Wildman–Crippen LogP) is 5.44. The van der Waals surface area contributed by atoms with E-state index in [1.807, 2.05) is 12.1 Å². The standard InChI is InChI=1S/C27H25ClN4O5S/c1-5-37-26(36)22-15(4)29-27(38-22)31-23(33)17-7-6-8-18(13-17)30-21-20(28)24(34)32(25(21)35)19-11-9-16(10-12-19)14(2)3/h6-14,30H,5H2,1-4H3,(H,29,31,33). The Morgan fingerprint density at radius 1 is 1.11 bits per heavy atom. The zero-order valence-corrected chi connectivity index (χ0v) is 22.7. The topological polar surface area (TPSA) is 118 Å². The molecule has 0 aliphatic carbocycles. The van der Waals surface area contributed by atoms with Gasteiger partial charge in [-0.2, -0.15) is 0 Å². The Hall–Kier alpha value is -4.02. The monoisotopic (exact) mass is 552 g/mol. The summed E-state index contributed by atoms with van der Waals surface area (Å²) < 4.78 is 5.01. The number of nitrogens with one attached hydrogen (secondary N) is 2. The number of amides is 3. The maximum absolute atomic E-state index is 13.1. The van der Waals surface area contributed by atoms with E-state index in [0.717, 1.165) is 21.8 Å². The molecule has 2 heterocycles. The quantitative estimate of drug-likeness (QED) is 0.282. The normalized spacial score (nSPS) is 13.4. The second kappa shape index (κ2) is 11.2. The van der Waals surface area contributed by atoms with E-state index >= 15 is 0 Å². The van der Waals surface area contributed by atoms with Crippen molar-refractivity contribution in [1.29, 1.82) is 0 Å². The number of halogens is 1. The number of benzene rings is 2. The summed E-state index contributed by atoms with van der Waals surface area (Å²) in [4.78, 5) is 56.4. The molecule has 3 amide bonds. The number of esters is 1. The Labute approximate surface area is 228 Å². The third-order valence-electron chi connectivity index (χ3n) is 5.72. The molecule has 0 radical (unpaired) electrons. The van der Waals surface area contributed by atoms with Crippen molar-refractivity contribution in [3.8, 4) is 0 Å². The summed E-state index contributed by atoms with van der Waals surface area (Å²) in [6, 6.07) is 13.5. The Morgan fingerprint density at radius 3 is 2.47 bits per heavy atom. The van der Waals surface area contributed by atoms with Crippen LogP contribution in [-0.4, -0.2) is 35.3 Å². The van der Waals surface area contributed by atoms with E-state index in [-0.39, 0.29) is 28.0 Å². The van der Waals surface area contributed by atoms with Crippen LogP contribution in [0.25, 0.3) is 0 Å². The number of nitrogens with zero attached hydrogens (tertiary/aromatic N) is 2. The van der Waals surface area contributed by atoms with Gasteiger partial charge in [-0.15, -0.1) is 0 Å². The molecule has 2 N–H and O–H groups in total. The summed E-state index contributed by atoms with van der Waals surface area (Å²) in [6.45, 7) is 7.69. The molecule has 2 aromatic carbocycles. The number of hydrogen-bond acceptors (Lipinski definition) is 8. The van der Waals surface area contributed by atoms with Gasteiger partial charge in [0.1, 0.15) is 15.6 Å². The molecule has 9 nitrogen and oxygen atoms in total. The van der Waals surface area contributed by atoms with Gasteiger partial charge in [-0.05, 0) is 55.7 Å². The van der Waals surface area contributed by atoms with E-state index in [4.69, 9.17) is 16.3 Å². The van der Waals surface area contributed by atoms with Crippen molar-refractivity contribution in [3.63, 3.8) is 0 Å². The van der Waals surface area contributed by atoms with Gasteiger partial charge in [-0.25, -0.2) is 14.7 Å². The van der Waals surface area contributed by atoms with Crippen LogP contribution in [-0.2, 0) is 14.3 Å². The molecule has 11 heteroatoms. The van der Waals surface area contributed by atoms with Crippen molar-refractivity contribution in [1.82, 2.24) is 4.98 Å². The van der Waals surface area contributed by atoms with Crippen LogP contribution in [0.1, 0.15) is 58.0 Å². The van der Waals surface area contributed by atoms with E-state index in [1.165, 1.54) is 6.07 Å². The van der Waals surface area contributed by atoms with Gasteiger partial charge < -0.3 is 10.1 Å². The third kappa shape index (κ3) is 5.46. The fourth-order valence-corrected chi connectivity index (χ4v) is 4.81. The van der Waals surface area contributed by atoms with Crippen LogP contribution in [0.3, 0.4) is 0 Å². The van der Waals surface area contributed by atoms with E-state index in [0.29, 0.717) is 27.9 Å². The molecular weight excluding hydrogens is 528 g/mol. The summed E-state index contributed by atoms with van der Waals surface area (Å²) in [6.07, 6.45) is 0. The minimum absolute atomic E-state index is 0.0863. The number of rotatable bonds is 8. The average Bonchev–Trinajstić information content (AvgIpc) is 3.36.